The average Bonchev–Trinajstić information content (AvgIpc) is 2.98. The van der Waals surface area contributed by atoms with E-state index in [1.807, 2.05) is 0 Å². The van der Waals surface area contributed by atoms with Gasteiger partial charge in [-0.2, -0.15) is 0 Å². The van der Waals surface area contributed by atoms with Gasteiger partial charge in [0.1, 0.15) is 16.9 Å². The van der Waals surface area contributed by atoms with Crippen LogP contribution in [0.3, 0.4) is 0 Å². The number of aromatic nitrogens is 2. The molecule has 0 aliphatic heterocycles. The van der Waals surface area contributed by atoms with Crippen molar-refractivity contribution < 1.29 is 22.8 Å². The van der Waals surface area contributed by atoms with Crippen LogP contribution >= 0.6 is 0 Å². The molecular weight excluding hydrogens is 262 g/mol. The topological polar surface area (TPSA) is 125 Å². The van der Waals surface area contributed by atoms with E-state index in [2.05, 4.69) is 19.4 Å². The zero-order valence-corrected chi connectivity index (χ0v) is 9.77. The lowest BCUT2D eigenvalue weighted by Gasteiger charge is -2.01. The molecule has 0 spiro atoms. The third kappa shape index (κ3) is 2.57. The van der Waals surface area contributed by atoms with Crippen LogP contribution in [0.4, 0.5) is 0 Å². The summed E-state index contributed by atoms with van der Waals surface area (Å²) < 4.78 is 30.4. The van der Waals surface area contributed by atoms with Gasteiger partial charge in [0.25, 0.3) is 0 Å². The van der Waals surface area contributed by atoms with Gasteiger partial charge in [-0.1, -0.05) is 5.16 Å². The number of nitrogens with zero attached hydrogens (tertiary/aromatic N) is 1. The zero-order chi connectivity index (χ0) is 13.2. The second-order valence-electron chi connectivity index (χ2n) is 3.37. The number of hydrogen-bond donors (Lipinski definition) is 3. The molecule has 2 aromatic rings. The molecule has 18 heavy (non-hydrogen) atoms. The van der Waals surface area contributed by atoms with E-state index in [1.165, 1.54) is 12.3 Å². The summed E-state index contributed by atoms with van der Waals surface area (Å²) in [7, 11) is -3.78. The first-order valence-electron chi connectivity index (χ1n) is 4.80. The van der Waals surface area contributed by atoms with Crippen LogP contribution in [0.5, 0.6) is 0 Å². The molecule has 0 saturated heterocycles. The Balaban J connectivity index is 2.12. The zero-order valence-electron chi connectivity index (χ0n) is 8.95. The van der Waals surface area contributed by atoms with Crippen molar-refractivity contribution in [3.63, 3.8) is 0 Å². The van der Waals surface area contributed by atoms with Crippen LogP contribution in [0.1, 0.15) is 16.2 Å². The number of nitrogens with one attached hydrogen (secondary N) is 2. The van der Waals surface area contributed by atoms with Gasteiger partial charge in [0.05, 0.1) is 12.2 Å². The standard InChI is InChI=1S/C9H9N3O5S/c13-9(14)8-3-7(5-10-8)18(15,16)11-4-6-1-2-17-12-6/h1-3,5,10-11H,4H2,(H,13,14). The van der Waals surface area contributed by atoms with Crippen molar-refractivity contribution in [2.24, 2.45) is 0 Å². The van der Waals surface area contributed by atoms with E-state index < -0.39 is 16.0 Å². The first-order valence-corrected chi connectivity index (χ1v) is 6.28. The van der Waals surface area contributed by atoms with E-state index in [1.54, 1.807) is 0 Å². The van der Waals surface area contributed by atoms with Crippen LogP contribution in [0.25, 0.3) is 0 Å². The highest BCUT2D eigenvalue weighted by atomic mass is 32.2. The average molecular weight is 271 g/mol. The molecule has 0 saturated carbocycles. The second kappa shape index (κ2) is 4.63. The lowest BCUT2D eigenvalue weighted by Crippen LogP contribution is -2.23. The Hall–Kier alpha value is -2.13. The third-order valence-electron chi connectivity index (χ3n) is 2.13. The highest BCUT2D eigenvalue weighted by Crippen LogP contribution is 2.11. The molecule has 2 rings (SSSR count). The summed E-state index contributed by atoms with van der Waals surface area (Å²) in [5.74, 6) is -1.23. The first-order chi connectivity index (χ1) is 8.49. The van der Waals surface area contributed by atoms with Gasteiger partial charge >= 0.3 is 5.97 Å². The van der Waals surface area contributed by atoms with Gasteiger partial charge in [0.2, 0.25) is 10.0 Å². The fraction of sp³-hybridized carbons (Fsp3) is 0.111. The summed E-state index contributed by atoms with van der Waals surface area (Å²) in [5, 5.41) is 12.2. The minimum absolute atomic E-state index is 0.0353. The van der Waals surface area contributed by atoms with Gasteiger partial charge < -0.3 is 14.6 Å². The molecule has 0 aromatic carbocycles. The highest BCUT2D eigenvalue weighted by Gasteiger charge is 2.18. The quantitative estimate of drug-likeness (QED) is 0.712. The van der Waals surface area contributed by atoms with Crippen molar-refractivity contribution in [1.82, 2.24) is 14.9 Å². The van der Waals surface area contributed by atoms with Crippen molar-refractivity contribution in [3.05, 3.63) is 36.0 Å². The summed E-state index contributed by atoms with van der Waals surface area (Å²) in [4.78, 5) is 12.8. The summed E-state index contributed by atoms with van der Waals surface area (Å²) in [6, 6.07) is 2.55. The molecule has 0 amide bonds. The molecule has 0 fully saturated rings. The predicted octanol–water partition coefficient (Wildman–Crippen LogP) is 0.179. The molecule has 0 aliphatic carbocycles. The second-order valence-corrected chi connectivity index (χ2v) is 5.14. The summed E-state index contributed by atoms with van der Waals surface area (Å²) in [5.41, 5.74) is 0.226. The Bertz CT molecular complexity index is 644. The summed E-state index contributed by atoms with van der Waals surface area (Å²) >= 11 is 0. The number of carbonyl (C=O) groups is 1. The number of aromatic amines is 1. The number of carboxylic acid groups (broad SMARTS) is 1. The van der Waals surface area contributed by atoms with E-state index in [0.29, 0.717) is 5.69 Å². The Kier molecular flexibility index (Phi) is 3.17. The number of sulfonamides is 1. The molecule has 2 aromatic heterocycles. The van der Waals surface area contributed by atoms with Gasteiger partial charge in [-0.25, -0.2) is 17.9 Å². The molecule has 0 bridgehead atoms. The van der Waals surface area contributed by atoms with Crippen LogP contribution in [0, 0.1) is 0 Å². The lowest BCUT2D eigenvalue weighted by molar-refractivity contribution is 0.0691. The molecular formula is C9H9N3O5S. The fourth-order valence-electron chi connectivity index (χ4n) is 1.23. The van der Waals surface area contributed by atoms with Gasteiger partial charge in [0, 0.05) is 12.3 Å². The third-order valence-corrected chi connectivity index (χ3v) is 3.51. The maximum atomic E-state index is 11.8. The number of rotatable bonds is 5. The van der Waals surface area contributed by atoms with Crippen LogP contribution in [-0.2, 0) is 16.6 Å². The van der Waals surface area contributed by atoms with Crippen molar-refractivity contribution in [2.75, 3.05) is 0 Å². The van der Waals surface area contributed by atoms with E-state index in [9.17, 15) is 13.2 Å². The van der Waals surface area contributed by atoms with Crippen molar-refractivity contribution >= 4 is 16.0 Å². The number of aromatic carboxylic acids is 1. The van der Waals surface area contributed by atoms with Crippen LogP contribution < -0.4 is 4.72 Å². The molecule has 8 nitrogen and oxygen atoms in total. The Morgan fingerprint density at radius 3 is 2.89 bits per heavy atom. The maximum absolute atomic E-state index is 11.8. The van der Waals surface area contributed by atoms with Gasteiger partial charge in [-0.05, 0) is 6.07 Å². The fourth-order valence-corrected chi connectivity index (χ4v) is 2.23. The van der Waals surface area contributed by atoms with E-state index in [4.69, 9.17) is 5.11 Å². The Morgan fingerprint density at radius 2 is 2.33 bits per heavy atom. The van der Waals surface area contributed by atoms with Crippen LogP contribution in [0.15, 0.2) is 34.0 Å². The smallest absolute Gasteiger partial charge is 0.352 e. The van der Waals surface area contributed by atoms with E-state index >= 15 is 0 Å². The molecule has 0 atom stereocenters. The predicted molar refractivity (Wildman–Crippen MR) is 58.3 cm³/mol. The number of H-pyrrole nitrogens is 1. The van der Waals surface area contributed by atoms with E-state index in [-0.39, 0.29) is 17.1 Å². The number of carboxylic acids is 1. The van der Waals surface area contributed by atoms with Gasteiger partial charge in [-0.15, -0.1) is 0 Å². The lowest BCUT2D eigenvalue weighted by atomic mass is 10.4. The van der Waals surface area contributed by atoms with Crippen molar-refractivity contribution in [3.8, 4) is 0 Å². The van der Waals surface area contributed by atoms with Crippen molar-refractivity contribution in [2.45, 2.75) is 11.4 Å². The molecule has 9 heteroatoms. The van der Waals surface area contributed by atoms with Crippen molar-refractivity contribution in [1.29, 1.82) is 0 Å². The SMILES string of the molecule is O=C(O)c1cc(S(=O)(=O)NCc2ccon2)c[nH]1. The van der Waals surface area contributed by atoms with Gasteiger partial charge in [-0.3, -0.25) is 0 Å². The molecule has 3 N–H and O–H groups in total. The highest BCUT2D eigenvalue weighted by molar-refractivity contribution is 7.89. The molecule has 2 heterocycles. The minimum Gasteiger partial charge on any atom is -0.477 e. The van der Waals surface area contributed by atoms with Gasteiger partial charge in [0.15, 0.2) is 0 Å². The van der Waals surface area contributed by atoms with Crippen LogP contribution in [-0.4, -0.2) is 29.6 Å². The summed E-state index contributed by atoms with van der Waals surface area (Å²) in [6.07, 6.45) is 2.43. The summed E-state index contributed by atoms with van der Waals surface area (Å²) in [6.45, 7) is -0.0353. The molecule has 0 aliphatic rings. The minimum atomic E-state index is -3.78. The maximum Gasteiger partial charge on any atom is 0.352 e. The molecule has 0 unspecified atom stereocenters. The normalized spacial score (nSPS) is 11.6. The molecule has 96 valence electrons. The molecule has 0 radical (unpaired) electrons. The number of hydrogen-bond acceptors (Lipinski definition) is 5. The first kappa shape index (κ1) is 12.3. The Labute approximate surface area is 102 Å². The van der Waals surface area contributed by atoms with E-state index in [0.717, 1.165) is 12.3 Å². The Morgan fingerprint density at radius 1 is 1.56 bits per heavy atom. The monoisotopic (exact) mass is 271 g/mol. The van der Waals surface area contributed by atoms with Crippen LogP contribution in [0.2, 0.25) is 0 Å². The largest absolute Gasteiger partial charge is 0.477 e.